The number of phosphoric acid groups is 1. The first-order valence-corrected chi connectivity index (χ1v) is 7.52. The van der Waals surface area contributed by atoms with Crippen molar-refractivity contribution < 1.29 is 33.1 Å². The maximum absolute atomic E-state index is 10.3. The predicted octanol–water partition coefficient (Wildman–Crippen LogP) is 0.946. The van der Waals surface area contributed by atoms with Gasteiger partial charge in [0.1, 0.15) is 0 Å². The molecule has 0 amide bonds. The lowest BCUT2D eigenvalue weighted by atomic mass is 10.4. The number of unbranched alkanes of at least 4 members (excludes halogenated alkanes) is 1. The Morgan fingerprint density at radius 2 is 1.28 bits per heavy atom. The predicted molar refractivity (Wildman–Crippen MR) is 65.4 cm³/mol. The summed E-state index contributed by atoms with van der Waals surface area (Å²) in [6.07, 6.45) is 2.17. The summed E-state index contributed by atoms with van der Waals surface area (Å²) in [5.41, 5.74) is 0. The zero-order valence-electron chi connectivity index (χ0n) is 10.7. The average Bonchev–Trinajstić information content (AvgIpc) is 2.29. The van der Waals surface area contributed by atoms with E-state index in [2.05, 4.69) is 11.4 Å². The molecule has 0 aromatic heterocycles. The van der Waals surface area contributed by atoms with Crippen molar-refractivity contribution >= 4 is 7.82 Å². The molecule has 0 fully saturated rings. The summed E-state index contributed by atoms with van der Waals surface area (Å²) in [7, 11) is -4.37. The molecule has 0 aliphatic rings. The van der Waals surface area contributed by atoms with Crippen molar-refractivity contribution in [3.63, 3.8) is 0 Å². The number of ether oxygens (including phenoxy) is 3. The summed E-state index contributed by atoms with van der Waals surface area (Å²) in [5.74, 6) is 0. The summed E-state index contributed by atoms with van der Waals surface area (Å²) in [4.78, 5) is 16.7. The second-order valence-electron chi connectivity index (χ2n) is 3.51. The minimum absolute atomic E-state index is 0.126. The molecule has 0 spiro atoms. The molecule has 2 N–H and O–H groups in total. The Hall–Kier alpha value is -0.0100. The van der Waals surface area contributed by atoms with E-state index in [1.165, 1.54) is 0 Å². The first-order valence-electron chi connectivity index (χ1n) is 5.99. The highest BCUT2D eigenvalue weighted by atomic mass is 31.2. The van der Waals surface area contributed by atoms with Crippen LogP contribution in [0.2, 0.25) is 0 Å². The van der Waals surface area contributed by atoms with Crippen LogP contribution in [0.3, 0.4) is 0 Å². The molecular formula is C10H23O7P. The van der Waals surface area contributed by atoms with Crippen LogP contribution >= 0.6 is 7.82 Å². The Kier molecular flexibility index (Phi) is 12.0. The maximum Gasteiger partial charge on any atom is 0.469 e. The third-order valence-electron chi connectivity index (χ3n) is 1.87. The van der Waals surface area contributed by atoms with Crippen LogP contribution in [0.4, 0.5) is 0 Å². The van der Waals surface area contributed by atoms with Crippen LogP contribution in [0, 0.1) is 0 Å². The first-order chi connectivity index (χ1) is 8.56. The highest BCUT2D eigenvalue weighted by Gasteiger charge is 2.12. The van der Waals surface area contributed by atoms with Crippen LogP contribution in [0.1, 0.15) is 19.8 Å². The highest BCUT2D eigenvalue weighted by Crippen LogP contribution is 2.35. The molecular weight excluding hydrogens is 263 g/mol. The van der Waals surface area contributed by atoms with Gasteiger partial charge in [-0.05, 0) is 6.42 Å². The first kappa shape index (κ1) is 18.0. The Labute approximate surface area is 108 Å². The molecule has 0 aromatic carbocycles. The quantitative estimate of drug-likeness (QED) is 0.384. The second kappa shape index (κ2) is 12.0. The lowest BCUT2D eigenvalue weighted by Crippen LogP contribution is -2.11. The van der Waals surface area contributed by atoms with E-state index in [0.717, 1.165) is 19.4 Å². The van der Waals surface area contributed by atoms with E-state index in [0.29, 0.717) is 26.4 Å². The molecule has 0 saturated carbocycles. The van der Waals surface area contributed by atoms with E-state index in [9.17, 15) is 4.57 Å². The van der Waals surface area contributed by atoms with Gasteiger partial charge in [0.2, 0.25) is 0 Å². The monoisotopic (exact) mass is 286 g/mol. The average molecular weight is 286 g/mol. The molecule has 0 bridgehead atoms. The van der Waals surface area contributed by atoms with E-state index in [1.807, 2.05) is 0 Å². The largest absolute Gasteiger partial charge is 0.469 e. The molecule has 0 heterocycles. The minimum Gasteiger partial charge on any atom is -0.379 e. The summed E-state index contributed by atoms with van der Waals surface area (Å²) in [6, 6.07) is 0. The molecule has 0 aliphatic carbocycles. The zero-order chi connectivity index (χ0) is 13.7. The third-order valence-corrected chi connectivity index (χ3v) is 2.39. The van der Waals surface area contributed by atoms with E-state index in [1.54, 1.807) is 0 Å². The van der Waals surface area contributed by atoms with Gasteiger partial charge in [0.15, 0.2) is 0 Å². The van der Waals surface area contributed by atoms with Crippen molar-refractivity contribution in [2.45, 2.75) is 19.8 Å². The molecule has 0 saturated heterocycles. The van der Waals surface area contributed by atoms with Gasteiger partial charge in [-0.15, -0.1) is 0 Å². The minimum atomic E-state index is -4.37. The molecule has 0 unspecified atom stereocenters. The summed E-state index contributed by atoms with van der Waals surface area (Å²) in [6.45, 7) is 4.73. The lowest BCUT2D eigenvalue weighted by Gasteiger charge is -2.07. The smallest absolute Gasteiger partial charge is 0.379 e. The SMILES string of the molecule is CCCCOCCOCCOCCOP(=O)(O)O. The van der Waals surface area contributed by atoms with Crippen molar-refractivity contribution in [3.8, 4) is 0 Å². The van der Waals surface area contributed by atoms with Crippen LogP contribution in [-0.2, 0) is 23.3 Å². The number of hydrogen-bond donors (Lipinski definition) is 2. The Morgan fingerprint density at radius 1 is 0.833 bits per heavy atom. The lowest BCUT2D eigenvalue weighted by molar-refractivity contribution is 0.00718. The molecule has 0 radical (unpaired) electrons. The standard InChI is InChI=1S/C10H23O7P/c1-2-3-4-14-5-6-15-7-8-16-9-10-17-18(11,12)13/h2-10H2,1H3,(H2,11,12,13). The Balaban J connectivity index is 3.01. The van der Waals surface area contributed by atoms with Crippen molar-refractivity contribution in [2.75, 3.05) is 46.2 Å². The van der Waals surface area contributed by atoms with Crippen LogP contribution in [0.25, 0.3) is 0 Å². The third kappa shape index (κ3) is 16.0. The molecule has 0 atom stereocenters. The van der Waals surface area contributed by atoms with Gasteiger partial charge >= 0.3 is 7.82 Å². The fourth-order valence-corrected chi connectivity index (χ4v) is 1.32. The molecule has 110 valence electrons. The Bertz CT molecular complexity index is 218. The van der Waals surface area contributed by atoms with Gasteiger partial charge in [-0.1, -0.05) is 13.3 Å². The molecule has 0 aromatic rings. The van der Waals surface area contributed by atoms with Crippen molar-refractivity contribution in [1.82, 2.24) is 0 Å². The number of rotatable bonds is 13. The fraction of sp³-hybridized carbons (Fsp3) is 1.00. The van der Waals surface area contributed by atoms with E-state index in [4.69, 9.17) is 24.0 Å². The zero-order valence-corrected chi connectivity index (χ0v) is 11.6. The van der Waals surface area contributed by atoms with Gasteiger partial charge in [0, 0.05) is 6.61 Å². The van der Waals surface area contributed by atoms with Gasteiger partial charge in [0.25, 0.3) is 0 Å². The van der Waals surface area contributed by atoms with Gasteiger partial charge in [-0.3, -0.25) is 4.52 Å². The summed E-state index contributed by atoms with van der Waals surface area (Å²) < 4.78 is 30.0. The van der Waals surface area contributed by atoms with Gasteiger partial charge in [0.05, 0.1) is 39.6 Å². The number of hydrogen-bond acceptors (Lipinski definition) is 5. The Morgan fingerprint density at radius 3 is 1.72 bits per heavy atom. The normalized spacial score (nSPS) is 11.9. The fourth-order valence-electron chi connectivity index (χ4n) is 1.00. The molecule has 8 heteroatoms. The summed E-state index contributed by atoms with van der Waals surface area (Å²) in [5, 5.41) is 0. The van der Waals surface area contributed by atoms with Gasteiger partial charge in [-0.2, -0.15) is 0 Å². The number of phosphoric ester groups is 1. The molecule has 0 aliphatic heterocycles. The van der Waals surface area contributed by atoms with Crippen molar-refractivity contribution in [3.05, 3.63) is 0 Å². The van der Waals surface area contributed by atoms with Crippen LogP contribution < -0.4 is 0 Å². The maximum atomic E-state index is 10.3. The highest BCUT2D eigenvalue weighted by molar-refractivity contribution is 7.46. The van der Waals surface area contributed by atoms with E-state index >= 15 is 0 Å². The summed E-state index contributed by atoms with van der Waals surface area (Å²) >= 11 is 0. The van der Waals surface area contributed by atoms with Crippen LogP contribution in [0.5, 0.6) is 0 Å². The van der Waals surface area contributed by atoms with Crippen molar-refractivity contribution in [1.29, 1.82) is 0 Å². The van der Waals surface area contributed by atoms with Crippen LogP contribution in [0.15, 0.2) is 0 Å². The molecule has 0 rings (SSSR count). The van der Waals surface area contributed by atoms with Crippen LogP contribution in [-0.4, -0.2) is 56.0 Å². The van der Waals surface area contributed by atoms with E-state index in [-0.39, 0.29) is 13.2 Å². The molecule has 7 nitrogen and oxygen atoms in total. The second-order valence-corrected chi connectivity index (χ2v) is 4.75. The van der Waals surface area contributed by atoms with Gasteiger partial charge < -0.3 is 24.0 Å². The van der Waals surface area contributed by atoms with Gasteiger partial charge in [-0.25, -0.2) is 4.57 Å². The molecule has 18 heavy (non-hydrogen) atoms. The topological polar surface area (TPSA) is 94.5 Å². The van der Waals surface area contributed by atoms with E-state index < -0.39 is 7.82 Å². The van der Waals surface area contributed by atoms with Crippen molar-refractivity contribution in [2.24, 2.45) is 0 Å².